The average Bonchev–Trinajstić information content (AvgIpc) is 2.71. The molecule has 0 saturated heterocycles. The molecule has 0 aromatic carbocycles. The molecule has 0 radical (unpaired) electrons. The van der Waals surface area contributed by atoms with Gasteiger partial charge < -0.3 is 14.5 Å². The highest BCUT2D eigenvalue weighted by atomic mass is 16.5. The van der Waals surface area contributed by atoms with E-state index in [9.17, 15) is 0 Å². The van der Waals surface area contributed by atoms with Gasteiger partial charge in [-0.25, -0.2) is 4.98 Å². The summed E-state index contributed by atoms with van der Waals surface area (Å²) >= 11 is 0. The fourth-order valence-corrected chi connectivity index (χ4v) is 1.55. The number of hydrogen-bond donors (Lipinski definition) is 1. The quantitative estimate of drug-likeness (QED) is 0.747. The van der Waals surface area contributed by atoms with Crippen LogP contribution < -0.4 is 5.32 Å². The minimum atomic E-state index is 0.576. The average molecular weight is 219 g/mol. The van der Waals surface area contributed by atoms with E-state index in [1.54, 1.807) is 0 Å². The van der Waals surface area contributed by atoms with Crippen molar-refractivity contribution in [1.29, 1.82) is 0 Å². The molecule has 2 rings (SSSR count). The Hall–Kier alpha value is -1.39. The molecule has 2 aromatic heterocycles. The molecule has 0 unspecified atom stereocenters. The Bertz CT molecular complexity index is 406. The Morgan fingerprint density at radius 3 is 3.19 bits per heavy atom. The molecule has 0 fully saturated rings. The van der Waals surface area contributed by atoms with Crippen LogP contribution >= 0.6 is 0 Å². The van der Waals surface area contributed by atoms with Gasteiger partial charge in [-0.3, -0.25) is 0 Å². The van der Waals surface area contributed by atoms with Gasteiger partial charge >= 0.3 is 0 Å². The number of likely N-dealkylation sites (N-methyl/N-ethyl adjacent to an activating group) is 1. The van der Waals surface area contributed by atoms with E-state index < -0.39 is 0 Å². The Balaban J connectivity index is 1.85. The van der Waals surface area contributed by atoms with Gasteiger partial charge in [0.1, 0.15) is 5.65 Å². The van der Waals surface area contributed by atoms with E-state index in [-0.39, 0.29) is 0 Å². The Labute approximate surface area is 95.3 Å². The zero-order valence-electron chi connectivity index (χ0n) is 9.52. The van der Waals surface area contributed by atoms with Crippen molar-refractivity contribution in [2.45, 2.75) is 13.5 Å². The Kier molecular flexibility index (Phi) is 3.91. The molecule has 16 heavy (non-hydrogen) atoms. The van der Waals surface area contributed by atoms with Crippen LogP contribution in [0.25, 0.3) is 5.65 Å². The molecule has 0 aliphatic rings. The fraction of sp³-hybridized carbons (Fsp3) is 0.417. The molecule has 4 heteroatoms. The van der Waals surface area contributed by atoms with Crippen molar-refractivity contribution in [2.24, 2.45) is 0 Å². The second-order valence-electron chi connectivity index (χ2n) is 3.60. The summed E-state index contributed by atoms with van der Waals surface area (Å²) in [5.74, 6) is 0. The number of ether oxygens (including phenoxy) is 1. The third kappa shape index (κ3) is 2.81. The standard InChI is InChI=1S/C12H17N3O/c1-2-13-6-8-16-10-11-9-15-7-4-3-5-12(15)14-11/h3-5,7,9,13H,2,6,8,10H2,1H3. The Morgan fingerprint density at radius 1 is 1.44 bits per heavy atom. The van der Waals surface area contributed by atoms with Gasteiger partial charge in [-0.1, -0.05) is 13.0 Å². The van der Waals surface area contributed by atoms with Crippen LogP contribution in [0, 0.1) is 0 Å². The topological polar surface area (TPSA) is 38.6 Å². The first-order chi connectivity index (χ1) is 7.90. The van der Waals surface area contributed by atoms with E-state index in [4.69, 9.17) is 4.74 Å². The lowest BCUT2D eigenvalue weighted by Gasteiger charge is -2.01. The van der Waals surface area contributed by atoms with Crippen molar-refractivity contribution in [2.75, 3.05) is 19.7 Å². The van der Waals surface area contributed by atoms with Gasteiger partial charge in [0, 0.05) is 18.9 Å². The van der Waals surface area contributed by atoms with Crippen LogP contribution in [0.5, 0.6) is 0 Å². The molecule has 0 aliphatic carbocycles. The van der Waals surface area contributed by atoms with Gasteiger partial charge in [-0.05, 0) is 18.7 Å². The van der Waals surface area contributed by atoms with E-state index in [1.807, 2.05) is 35.0 Å². The van der Waals surface area contributed by atoms with Gasteiger partial charge in [0.25, 0.3) is 0 Å². The van der Waals surface area contributed by atoms with Crippen molar-refractivity contribution in [3.63, 3.8) is 0 Å². The zero-order chi connectivity index (χ0) is 11.2. The molecule has 0 saturated carbocycles. The first-order valence-electron chi connectivity index (χ1n) is 5.61. The SMILES string of the molecule is CCNCCOCc1cn2ccccc2n1. The fourth-order valence-electron chi connectivity index (χ4n) is 1.55. The number of imidazole rings is 1. The van der Waals surface area contributed by atoms with Gasteiger partial charge in [-0.2, -0.15) is 0 Å². The summed E-state index contributed by atoms with van der Waals surface area (Å²) < 4.78 is 7.52. The van der Waals surface area contributed by atoms with Crippen molar-refractivity contribution >= 4 is 5.65 Å². The lowest BCUT2D eigenvalue weighted by molar-refractivity contribution is 0.121. The zero-order valence-corrected chi connectivity index (χ0v) is 9.52. The summed E-state index contributed by atoms with van der Waals surface area (Å²) in [6, 6.07) is 5.96. The Morgan fingerprint density at radius 2 is 2.38 bits per heavy atom. The maximum Gasteiger partial charge on any atom is 0.137 e. The molecule has 0 spiro atoms. The third-order valence-corrected chi connectivity index (χ3v) is 2.34. The summed E-state index contributed by atoms with van der Waals surface area (Å²) in [7, 11) is 0. The number of hydrogen-bond acceptors (Lipinski definition) is 3. The van der Waals surface area contributed by atoms with E-state index in [0.29, 0.717) is 6.61 Å². The third-order valence-electron chi connectivity index (χ3n) is 2.34. The maximum absolute atomic E-state index is 5.51. The lowest BCUT2D eigenvalue weighted by Crippen LogP contribution is -2.18. The molecule has 0 amide bonds. The molecule has 0 bridgehead atoms. The molecule has 0 aliphatic heterocycles. The van der Waals surface area contributed by atoms with Gasteiger partial charge in [0.2, 0.25) is 0 Å². The van der Waals surface area contributed by atoms with Crippen molar-refractivity contribution < 1.29 is 4.74 Å². The molecule has 1 N–H and O–H groups in total. The maximum atomic E-state index is 5.51. The molecule has 2 aromatic rings. The van der Waals surface area contributed by atoms with Crippen LogP contribution in [0.1, 0.15) is 12.6 Å². The van der Waals surface area contributed by atoms with Gasteiger partial charge in [0.15, 0.2) is 0 Å². The largest absolute Gasteiger partial charge is 0.374 e. The monoisotopic (exact) mass is 219 g/mol. The second kappa shape index (κ2) is 5.63. The predicted octanol–water partition coefficient (Wildman–Crippen LogP) is 1.46. The first-order valence-corrected chi connectivity index (χ1v) is 5.61. The number of aromatic nitrogens is 2. The number of rotatable bonds is 6. The molecule has 0 atom stereocenters. The minimum absolute atomic E-state index is 0.576. The normalized spacial score (nSPS) is 11.1. The van der Waals surface area contributed by atoms with E-state index in [0.717, 1.165) is 31.0 Å². The van der Waals surface area contributed by atoms with Crippen LogP contribution in [0.4, 0.5) is 0 Å². The summed E-state index contributed by atoms with van der Waals surface area (Å²) in [5.41, 5.74) is 1.94. The summed E-state index contributed by atoms with van der Waals surface area (Å²) in [6.45, 7) is 5.26. The molecule has 4 nitrogen and oxygen atoms in total. The van der Waals surface area contributed by atoms with Gasteiger partial charge in [-0.15, -0.1) is 0 Å². The molecule has 2 heterocycles. The highest BCUT2D eigenvalue weighted by Gasteiger charge is 2.00. The smallest absolute Gasteiger partial charge is 0.137 e. The van der Waals surface area contributed by atoms with Gasteiger partial charge in [0.05, 0.1) is 18.9 Å². The number of nitrogens with zero attached hydrogens (tertiary/aromatic N) is 2. The van der Waals surface area contributed by atoms with Crippen LogP contribution in [-0.4, -0.2) is 29.1 Å². The highest BCUT2D eigenvalue weighted by molar-refractivity contribution is 5.39. The van der Waals surface area contributed by atoms with Crippen LogP contribution in [-0.2, 0) is 11.3 Å². The summed E-state index contributed by atoms with van der Waals surface area (Å²) in [4.78, 5) is 4.45. The lowest BCUT2D eigenvalue weighted by atomic mass is 10.5. The summed E-state index contributed by atoms with van der Waals surface area (Å²) in [6.07, 6.45) is 3.99. The van der Waals surface area contributed by atoms with Crippen molar-refractivity contribution in [3.05, 3.63) is 36.3 Å². The number of nitrogens with one attached hydrogen (secondary N) is 1. The molecule has 86 valence electrons. The number of pyridine rings is 1. The van der Waals surface area contributed by atoms with Crippen LogP contribution in [0.3, 0.4) is 0 Å². The van der Waals surface area contributed by atoms with Crippen molar-refractivity contribution in [3.8, 4) is 0 Å². The van der Waals surface area contributed by atoms with Crippen molar-refractivity contribution in [1.82, 2.24) is 14.7 Å². The van der Waals surface area contributed by atoms with E-state index in [1.165, 1.54) is 0 Å². The van der Waals surface area contributed by atoms with Crippen LogP contribution in [0.15, 0.2) is 30.6 Å². The summed E-state index contributed by atoms with van der Waals surface area (Å²) in [5, 5.41) is 3.21. The highest BCUT2D eigenvalue weighted by Crippen LogP contribution is 2.05. The van der Waals surface area contributed by atoms with E-state index in [2.05, 4.69) is 17.2 Å². The first kappa shape index (κ1) is 11.1. The van der Waals surface area contributed by atoms with Crippen LogP contribution in [0.2, 0.25) is 0 Å². The molecular weight excluding hydrogens is 202 g/mol. The van der Waals surface area contributed by atoms with E-state index >= 15 is 0 Å². The second-order valence-corrected chi connectivity index (χ2v) is 3.60. The predicted molar refractivity (Wildman–Crippen MR) is 63.4 cm³/mol. The molecular formula is C12H17N3O. The number of fused-ring (bicyclic) bond motifs is 1. The minimum Gasteiger partial charge on any atom is -0.374 e.